The lowest BCUT2D eigenvalue weighted by molar-refractivity contribution is 0.101. The molecule has 13 heavy (non-hydrogen) atoms. The second-order valence-corrected chi connectivity index (χ2v) is 2.55. The van der Waals surface area contributed by atoms with E-state index in [9.17, 15) is 9.90 Å². The van der Waals surface area contributed by atoms with Crippen LogP contribution >= 0.6 is 0 Å². The predicted octanol–water partition coefficient (Wildman–Crippen LogP) is 1.17. The Bertz CT molecular complexity index is 404. The lowest BCUT2D eigenvalue weighted by Gasteiger charge is -2.02. The minimum atomic E-state index is -0.353. The Balaban J connectivity index is 3.41. The zero-order valence-electron chi connectivity index (χ0n) is 6.90. The summed E-state index contributed by atoms with van der Waals surface area (Å²) in [6, 6.07) is 3.85. The van der Waals surface area contributed by atoms with Gasteiger partial charge in [-0.25, -0.2) is 0 Å². The second-order valence-electron chi connectivity index (χ2n) is 2.55. The molecule has 0 aliphatic heterocycles. The van der Waals surface area contributed by atoms with E-state index >= 15 is 0 Å². The molecule has 0 heterocycles. The summed E-state index contributed by atoms with van der Waals surface area (Å²) in [5, 5.41) is 26.8. The molecule has 0 unspecified atom stereocenters. The maximum absolute atomic E-state index is 10.9. The third-order valence-corrected chi connectivity index (χ3v) is 1.61. The Morgan fingerprint density at radius 3 is 2.46 bits per heavy atom. The smallest absolute Gasteiger partial charge is 0.163 e. The van der Waals surface area contributed by atoms with Gasteiger partial charge in [0.1, 0.15) is 17.6 Å². The molecule has 0 saturated carbocycles. The van der Waals surface area contributed by atoms with E-state index in [4.69, 9.17) is 10.4 Å². The summed E-state index contributed by atoms with van der Waals surface area (Å²) in [4.78, 5) is 10.9. The number of hydrogen-bond acceptors (Lipinski definition) is 4. The molecule has 1 aromatic rings. The molecule has 0 atom stereocenters. The van der Waals surface area contributed by atoms with E-state index in [1.54, 1.807) is 6.07 Å². The van der Waals surface area contributed by atoms with E-state index in [1.807, 2.05) is 0 Å². The van der Waals surface area contributed by atoms with Crippen molar-refractivity contribution in [2.24, 2.45) is 0 Å². The van der Waals surface area contributed by atoms with Crippen LogP contribution in [-0.2, 0) is 0 Å². The first-order chi connectivity index (χ1) is 6.06. The summed E-state index contributed by atoms with van der Waals surface area (Å²) in [7, 11) is 0. The van der Waals surface area contributed by atoms with Crippen molar-refractivity contribution >= 4 is 5.78 Å². The molecule has 0 aliphatic rings. The zero-order valence-corrected chi connectivity index (χ0v) is 6.90. The number of Topliss-reactive ketones (excluding diaryl/α,β-unsaturated/α-hetero) is 1. The first kappa shape index (κ1) is 9.07. The summed E-state index contributed by atoms with van der Waals surface area (Å²) in [6.45, 7) is 1.27. The van der Waals surface area contributed by atoms with Crippen molar-refractivity contribution in [3.8, 4) is 17.6 Å². The first-order valence-corrected chi connectivity index (χ1v) is 3.53. The number of ketones is 1. The number of benzene rings is 1. The van der Waals surface area contributed by atoms with Crippen LogP contribution in [0.25, 0.3) is 0 Å². The van der Waals surface area contributed by atoms with Crippen molar-refractivity contribution in [2.75, 3.05) is 0 Å². The third-order valence-electron chi connectivity index (χ3n) is 1.61. The van der Waals surface area contributed by atoms with E-state index in [0.717, 1.165) is 12.1 Å². The highest BCUT2D eigenvalue weighted by Gasteiger charge is 2.11. The van der Waals surface area contributed by atoms with E-state index in [2.05, 4.69) is 0 Å². The highest BCUT2D eigenvalue weighted by molar-refractivity contribution is 5.97. The lowest BCUT2D eigenvalue weighted by Crippen LogP contribution is -1.93. The molecular weight excluding hydrogens is 170 g/mol. The number of carbonyl (C=O) groups is 1. The summed E-state index contributed by atoms with van der Waals surface area (Å²) in [5.41, 5.74) is 0.0114. The van der Waals surface area contributed by atoms with Crippen molar-refractivity contribution in [3.05, 3.63) is 23.3 Å². The topological polar surface area (TPSA) is 81.3 Å². The summed E-state index contributed by atoms with van der Waals surface area (Å²) < 4.78 is 0. The molecule has 0 amide bonds. The van der Waals surface area contributed by atoms with E-state index < -0.39 is 0 Å². The molecule has 0 fully saturated rings. The van der Waals surface area contributed by atoms with Gasteiger partial charge in [-0.15, -0.1) is 0 Å². The number of carbonyl (C=O) groups excluding carboxylic acids is 1. The number of nitriles is 1. The summed E-state index contributed by atoms with van der Waals surface area (Å²) in [6.07, 6.45) is 0. The quantitative estimate of drug-likeness (QED) is 0.631. The van der Waals surface area contributed by atoms with Crippen LogP contribution in [0.4, 0.5) is 0 Å². The molecule has 0 aliphatic carbocycles. The molecule has 0 spiro atoms. The van der Waals surface area contributed by atoms with Gasteiger partial charge in [-0.2, -0.15) is 5.26 Å². The van der Waals surface area contributed by atoms with Crippen molar-refractivity contribution in [1.29, 1.82) is 5.26 Å². The van der Waals surface area contributed by atoms with E-state index in [1.165, 1.54) is 6.92 Å². The summed E-state index contributed by atoms with van der Waals surface area (Å²) >= 11 is 0. The minimum Gasteiger partial charge on any atom is -0.507 e. The monoisotopic (exact) mass is 177 g/mol. The molecule has 1 aromatic carbocycles. The molecule has 0 saturated heterocycles. The molecule has 66 valence electrons. The van der Waals surface area contributed by atoms with Gasteiger partial charge in [0.2, 0.25) is 0 Å². The van der Waals surface area contributed by atoms with Crippen LogP contribution in [0.1, 0.15) is 22.8 Å². The van der Waals surface area contributed by atoms with Crippen LogP contribution in [0, 0.1) is 11.3 Å². The highest BCUT2D eigenvalue weighted by atomic mass is 16.3. The fraction of sp³-hybridized carbons (Fsp3) is 0.111. The van der Waals surface area contributed by atoms with Gasteiger partial charge in [-0.05, 0) is 13.0 Å². The molecule has 2 N–H and O–H groups in total. The van der Waals surface area contributed by atoms with Gasteiger partial charge in [0.05, 0.1) is 11.1 Å². The van der Waals surface area contributed by atoms with Gasteiger partial charge >= 0.3 is 0 Å². The van der Waals surface area contributed by atoms with Crippen LogP contribution in [0.2, 0.25) is 0 Å². The average Bonchev–Trinajstić information content (AvgIpc) is 2.03. The number of phenols is 2. The molecule has 0 aromatic heterocycles. The van der Waals surface area contributed by atoms with Gasteiger partial charge in [0, 0.05) is 6.07 Å². The zero-order chi connectivity index (χ0) is 10.0. The third kappa shape index (κ3) is 1.59. The summed E-state index contributed by atoms with van der Waals surface area (Å²) in [5.74, 6) is -0.997. The molecule has 4 heteroatoms. The van der Waals surface area contributed by atoms with Gasteiger partial charge in [0.25, 0.3) is 0 Å². The normalized spacial score (nSPS) is 9.23. The molecule has 4 nitrogen and oxygen atoms in total. The number of nitrogens with zero attached hydrogens (tertiary/aromatic N) is 1. The molecule has 1 rings (SSSR count). The average molecular weight is 177 g/mol. The maximum atomic E-state index is 10.9. The Hall–Kier alpha value is -2.02. The Morgan fingerprint density at radius 2 is 2.00 bits per heavy atom. The SMILES string of the molecule is CC(=O)c1cc(C#N)c(O)cc1O. The van der Waals surface area contributed by atoms with Gasteiger partial charge in [0.15, 0.2) is 5.78 Å². The molecular formula is C9H7NO3. The largest absolute Gasteiger partial charge is 0.507 e. The molecule has 0 radical (unpaired) electrons. The Labute approximate surface area is 74.7 Å². The number of phenolic OH excluding ortho intramolecular Hbond substituents is 2. The number of aromatic hydroxyl groups is 2. The van der Waals surface area contributed by atoms with Gasteiger partial charge in [-0.1, -0.05) is 0 Å². The van der Waals surface area contributed by atoms with Crippen LogP contribution in [-0.4, -0.2) is 16.0 Å². The van der Waals surface area contributed by atoms with Crippen molar-refractivity contribution in [3.63, 3.8) is 0 Å². The lowest BCUT2D eigenvalue weighted by atomic mass is 10.1. The van der Waals surface area contributed by atoms with Crippen LogP contribution in [0.5, 0.6) is 11.5 Å². The first-order valence-electron chi connectivity index (χ1n) is 3.53. The highest BCUT2D eigenvalue weighted by Crippen LogP contribution is 2.26. The van der Waals surface area contributed by atoms with Gasteiger partial charge in [-0.3, -0.25) is 4.79 Å². The maximum Gasteiger partial charge on any atom is 0.163 e. The predicted molar refractivity (Wildman–Crippen MR) is 44.5 cm³/mol. The minimum absolute atomic E-state index is 0.0250. The second kappa shape index (κ2) is 3.15. The number of hydrogen-bond donors (Lipinski definition) is 2. The molecule has 0 bridgehead atoms. The Kier molecular flexibility index (Phi) is 2.20. The van der Waals surface area contributed by atoms with Crippen molar-refractivity contribution in [1.82, 2.24) is 0 Å². The fourth-order valence-corrected chi connectivity index (χ4v) is 0.949. The van der Waals surface area contributed by atoms with Gasteiger partial charge < -0.3 is 10.2 Å². The van der Waals surface area contributed by atoms with E-state index in [0.29, 0.717) is 0 Å². The van der Waals surface area contributed by atoms with Crippen LogP contribution in [0.3, 0.4) is 0 Å². The standard InChI is InChI=1S/C9H7NO3/c1-5(11)7-2-6(4-10)8(12)3-9(7)13/h2-3,12-13H,1H3. The fourth-order valence-electron chi connectivity index (χ4n) is 0.949. The van der Waals surface area contributed by atoms with Crippen LogP contribution < -0.4 is 0 Å². The van der Waals surface area contributed by atoms with Crippen molar-refractivity contribution in [2.45, 2.75) is 6.92 Å². The van der Waals surface area contributed by atoms with Crippen molar-refractivity contribution < 1.29 is 15.0 Å². The number of rotatable bonds is 1. The van der Waals surface area contributed by atoms with E-state index in [-0.39, 0.29) is 28.4 Å². The van der Waals surface area contributed by atoms with Crippen LogP contribution in [0.15, 0.2) is 12.1 Å². The Morgan fingerprint density at radius 1 is 1.38 bits per heavy atom.